The summed E-state index contributed by atoms with van der Waals surface area (Å²) in [6.45, 7) is 0. The zero-order valence-corrected chi connectivity index (χ0v) is 30.6. The fourth-order valence-corrected chi connectivity index (χ4v) is 6.75. The van der Waals surface area contributed by atoms with Crippen LogP contribution in [0.1, 0.15) is 16.7 Å². The maximum Gasteiger partial charge on any atom is 0.540 e. The Balaban J connectivity index is 1.48. The molecule has 0 bridgehead atoms. The Morgan fingerprint density at radius 2 is 1.11 bits per heavy atom. The number of hydrogen-bond acceptors (Lipinski definition) is 11. The first kappa shape index (κ1) is 36.1. The molecule has 0 radical (unpaired) electrons. The van der Waals surface area contributed by atoms with Gasteiger partial charge in [-0.05, 0) is 77.4 Å². The molecule has 0 aliphatic carbocycles. The van der Waals surface area contributed by atoms with Gasteiger partial charge in [0.05, 0.1) is 32.7 Å². The quantitative estimate of drug-likeness (QED) is 0.0857. The summed E-state index contributed by atoms with van der Waals surface area (Å²) in [6.07, 6.45) is 3.55. The van der Waals surface area contributed by atoms with Crippen molar-refractivity contribution >= 4 is 76.7 Å². The molecular formula is C26H32N5O6P4S3+3. The van der Waals surface area contributed by atoms with Gasteiger partial charge in [0.15, 0.2) is 17.2 Å². The van der Waals surface area contributed by atoms with Gasteiger partial charge in [-0.3, -0.25) is 18.1 Å². The van der Waals surface area contributed by atoms with Crippen LogP contribution in [0.25, 0.3) is 0 Å². The zero-order chi connectivity index (χ0) is 32.1. The predicted octanol–water partition coefficient (Wildman–Crippen LogP) is 7.28. The summed E-state index contributed by atoms with van der Waals surface area (Å²) in [7, 11) is 0.870. The van der Waals surface area contributed by atoms with E-state index in [4.69, 9.17) is 58.0 Å². The molecule has 44 heavy (non-hydrogen) atoms. The average molecular weight is 731 g/mol. The van der Waals surface area contributed by atoms with Crippen LogP contribution in [0.2, 0.25) is 0 Å². The molecule has 0 aliphatic rings. The molecule has 0 amide bonds. The number of hydrogen-bond donors (Lipinski definition) is 1. The molecule has 0 saturated heterocycles. The van der Waals surface area contributed by atoms with Crippen LogP contribution in [-0.4, -0.2) is 57.4 Å². The van der Waals surface area contributed by atoms with Crippen LogP contribution in [0, 0.1) is 0 Å². The molecular weight excluding hydrogens is 698 g/mol. The van der Waals surface area contributed by atoms with E-state index in [1.807, 2.05) is 48.5 Å². The third kappa shape index (κ3) is 11.9. The molecule has 18 heteroatoms. The molecule has 3 aromatic rings. The summed E-state index contributed by atoms with van der Waals surface area (Å²) < 4.78 is 42.9. The molecule has 0 heterocycles. The standard InChI is InChI=1S/C26H32N5O6P4S3/c1-27-38(42)35-24-12-6-21(7-13-24)18-28-30(2)39(43)36-25-14-8-22(9-15-25)19-29-31(3)40(44)37-26-16-10-23(11-17-26)20-41(32,33-4)34-5/h6-19H,20H2,1-5H3,(H,27,42)/q+3/b28-18+,29-19+. The van der Waals surface area contributed by atoms with Crippen molar-refractivity contribution in [3.8, 4) is 17.2 Å². The van der Waals surface area contributed by atoms with Crippen molar-refractivity contribution in [1.29, 1.82) is 0 Å². The Kier molecular flexibility index (Phi) is 14.8. The normalized spacial score (nSPS) is 12.6. The van der Waals surface area contributed by atoms with Crippen LogP contribution in [0.4, 0.5) is 0 Å². The van der Waals surface area contributed by atoms with Crippen molar-refractivity contribution in [2.45, 2.75) is 6.16 Å². The molecule has 1 N–H and O–H groups in total. The van der Waals surface area contributed by atoms with Gasteiger partial charge in [0, 0.05) is 21.3 Å². The van der Waals surface area contributed by atoms with Crippen molar-refractivity contribution in [3.63, 3.8) is 0 Å². The summed E-state index contributed by atoms with van der Waals surface area (Å²) in [5.41, 5.74) is 2.53. The number of nitrogens with one attached hydrogen (secondary N) is 1. The zero-order valence-electron chi connectivity index (χ0n) is 24.5. The average Bonchev–Trinajstić information content (AvgIpc) is 3.04. The molecule has 0 saturated carbocycles. The van der Waals surface area contributed by atoms with Gasteiger partial charge >= 0.3 is 28.8 Å². The van der Waals surface area contributed by atoms with E-state index in [9.17, 15) is 4.57 Å². The number of nitrogens with zero attached hydrogens (tertiary/aromatic N) is 4. The highest BCUT2D eigenvalue weighted by Gasteiger charge is 2.24. The van der Waals surface area contributed by atoms with Gasteiger partial charge < -0.3 is 9.05 Å². The predicted molar refractivity (Wildman–Crippen MR) is 189 cm³/mol. The second-order valence-electron chi connectivity index (χ2n) is 8.61. The minimum absolute atomic E-state index is 0.163. The molecule has 3 aromatic carbocycles. The fraction of sp³-hybridized carbons (Fsp3) is 0.231. The summed E-state index contributed by atoms with van der Waals surface area (Å²) in [5.74, 6) is 1.90. The van der Waals surface area contributed by atoms with E-state index in [0.717, 1.165) is 16.7 Å². The minimum atomic E-state index is -3.14. The largest absolute Gasteiger partial charge is 0.540 e. The first-order chi connectivity index (χ1) is 21.0. The monoisotopic (exact) mass is 730 g/mol. The van der Waals surface area contributed by atoms with Gasteiger partial charge in [0.1, 0.15) is 0 Å². The van der Waals surface area contributed by atoms with E-state index in [2.05, 4.69) is 15.3 Å². The summed E-state index contributed by atoms with van der Waals surface area (Å²) >= 11 is 16.2. The lowest BCUT2D eigenvalue weighted by Gasteiger charge is -2.13. The van der Waals surface area contributed by atoms with E-state index < -0.39 is 28.8 Å². The van der Waals surface area contributed by atoms with E-state index in [1.165, 1.54) is 14.2 Å². The molecule has 3 atom stereocenters. The topological polar surface area (TPSA) is 106 Å². The maximum absolute atomic E-state index is 12.3. The number of benzene rings is 3. The molecule has 0 spiro atoms. The highest BCUT2D eigenvalue weighted by atomic mass is 32.4. The van der Waals surface area contributed by atoms with Gasteiger partial charge in [-0.1, -0.05) is 21.7 Å². The summed E-state index contributed by atoms with van der Waals surface area (Å²) in [4.78, 5) is 0. The highest BCUT2D eigenvalue weighted by molar-refractivity contribution is 8.02. The Hall–Kier alpha value is -2.33. The van der Waals surface area contributed by atoms with Crippen LogP contribution in [-0.2, 0) is 55.2 Å². The highest BCUT2D eigenvalue weighted by Crippen LogP contribution is 2.49. The molecule has 3 rings (SSSR count). The van der Waals surface area contributed by atoms with E-state index in [-0.39, 0.29) is 6.16 Å². The molecule has 232 valence electrons. The van der Waals surface area contributed by atoms with Crippen molar-refractivity contribution in [1.82, 2.24) is 14.6 Å². The number of hydrazone groups is 2. The van der Waals surface area contributed by atoms with Gasteiger partial charge in [0.2, 0.25) is 35.4 Å². The van der Waals surface area contributed by atoms with Crippen molar-refractivity contribution in [2.24, 2.45) is 10.2 Å². The second-order valence-corrected chi connectivity index (χ2v) is 17.4. The van der Waals surface area contributed by atoms with Gasteiger partial charge in [0.25, 0.3) is 0 Å². The van der Waals surface area contributed by atoms with Gasteiger partial charge in [-0.15, -0.1) is 15.3 Å². The first-order valence-electron chi connectivity index (χ1n) is 12.7. The third-order valence-corrected chi connectivity index (χ3v) is 12.7. The van der Waals surface area contributed by atoms with Crippen LogP contribution >= 0.6 is 28.8 Å². The lowest BCUT2D eigenvalue weighted by molar-refractivity contribution is 0.275. The minimum Gasteiger partial charge on any atom is -0.312 e. The number of rotatable bonds is 17. The Bertz CT molecular complexity index is 1540. The van der Waals surface area contributed by atoms with Crippen LogP contribution in [0.5, 0.6) is 17.2 Å². The summed E-state index contributed by atoms with van der Waals surface area (Å²) in [5, 5.41) is 11.7. The lowest BCUT2D eigenvalue weighted by atomic mass is 10.2. The Morgan fingerprint density at radius 1 is 0.727 bits per heavy atom. The molecule has 0 aliphatic heterocycles. The third-order valence-electron chi connectivity index (χ3n) is 5.57. The van der Waals surface area contributed by atoms with Crippen LogP contribution in [0.3, 0.4) is 0 Å². The SMILES string of the molecule is CN[P+](=S)Oc1ccc(/C=N/N(C)[P+](=S)Oc2ccc(/C=N/N(C)[P+](=S)Oc3ccc(CP(=O)(OC)OC)cc3)cc2)cc1. The smallest absolute Gasteiger partial charge is 0.312 e. The van der Waals surface area contributed by atoms with Gasteiger partial charge in [-0.2, -0.15) is 0 Å². The molecule has 0 fully saturated rings. The van der Waals surface area contributed by atoms with Crippen molar-refractivity contribution < 1.29 is 27.2 Å². The van der Waals surface area contributed by atoms with E-state index in [0.29, 0.717) is 17.2 Å². The van der Waals surface area contributed by atoms with Gasteiger partial charge in [-0.25, -0.2) is 0 Å². The fourth-order valence-electron chi connectivity index (χ4n) is 3.14. The van der Waals surface area contributed by atoms with Crippen molar-refractivity contribution in [2.75, 3.05) is 35.4 Å². The lowest BCUT2D eigenvalue weighted by Crippen LogP contribution is -2.04. The van der Waals surface area contributed by atoms with Crippen LogP contribution < -0.4 is 18.7 Å². The first-order valence-corrected chi connectivity index (χ1v) is 21.2. The summed E-state index contributed by atoms with van der Waals surface area (Å²) in [6, 6.07) is 21.9. The Labute approximate surface area is 275 Å². The molecule has 11 nitrogen and oxygen atoms in total. The van der Waals surface area contributed by atoms with E-state index >= 15 is 0 Å². The Morgan fingerprint density at radius 3 is 1.50 bits per heavy atom. The molecule has 0 aromatic heterocycles. The molecule has 3 unspecified atom stereocenters. The van der Waals surface area contributed by atoms with E-state index in [1.54, 1.807) is 67.4 Å². The second kappa shape index (κ2) is 18.0. The van der Waals surface area contributed by atoms with Crippen LogP contribution in [0.15, 0.2) is 83.0 Å². The maximum atomic E-state index is 12.3. The van der Waals surface area contributed by atoms with Crippen molar-refractivity contribution in [3.05, 3.63) is 89.5 Å².